The lowest BCUT2D eigenvalue weighted by molar-refractivity contribution is -0.156. The van der Waals surface area contributed by atoms with Crippen LogP contribution in [0.3, 0.4) is 0 Å². The minimum atomic E-state index is -2.93. The fourth-order valence-electron chi connectivity index (χ4n) is 8.68. The fraction of sp³-hybridized carbons (Fsp3) is 0.143. The number of carbonyl (C=O) groups excluding carboxylic acids is 5. The Hall–Kier alpha value is -10.1. The monoisotopic (exact) mass is 962 g/mol. The normalized spacial score (nSPS) is 20.2. The molecule has 0 aromatic heterocycles. The molecule has 69 heavy (non-hydrogen) atoms. The maximum atomic E-state index is 15.1. The Morgan fingerprint density at radius 3 is 1.23 bits per heavy atom. The van der Waals surface area contributed by atoms with Crippen LogP contribution >= 0.6 is 0 Å². The Kier molecular flexibility index (Phi) is 9.41. The van der Waals surface area contributed by atoms with Crippen molar-refractivity contribution in [3.05, 3.63) is 51.6 Å². The summed E-state index contributed by atoms with van der Waals surface area (Å²) < 4.78 is 27.8. The minimum absolute atomic E-state index is 0.292. The van der Waals surface area contributed by atoms with Crippen LogP contribution in [0.25, 0.3) is 33.4 Å². The molecule has 5 aromatic rings. The van der Waals surface area contributed by atoms with Gasteiger partial charge in [-0.25, -0.2) is 24.0 Å². The smallest absolute Gasteiger partial charge is 0.340 e. The van der Waals surface area contributed by atoms with Gasteiger partial charge in [0.25, 0.3) is 0 Å². The zero-order valence-corrected chi connectivity index (χ0v) is 33.5. The molecular formula is C42H26O27. The fourth-order valence-corrected chi connectivity index (χ4v) is 8.68. The first-order valence-electron chi connectivity index (χ1n) is 19.1. The highest BCUT2D eigenvalue weighted by Crippen LogP contribution is 2.62. The van der Waals surface area contributed by atoms with E-state index in [2.05, 4.69) is 0 Å². The summed E-state index contributed by atoms with van der Waals surface area (Å²) >= 11 is 0. The number of hydrogen-bond donors (Lipinski definition) is 16. The number of hydrogen-bond acceptors (Lipinski definition) is 26. The van der Waals surface area contributed by atoms with Crippen molar-refractivity contribution in [2.75, 3.05) is 6.61 Å². The second kappa shape index (κ2) is 14.7. The van der Waals surface area contributed by atoms with Crippen LogP contribution in [-0.4, -0.2) is 149 Å². The summed E-state index contributed by atoms with van der Waals surface area (Å²) in [6.07, 6.45) is -11.3. The number of benzene rings is 5. The number of ether oxygens (including phenoxy) is 5. The van der Waals surface area contributed by atoms with Crippen LogP contribution in [0.2, 0.25) is 0 Å². The van der Waals surface area contributed by atoms with Crippen LogP contribution < -0.4 is 0 Å². The molecular weight excluding hydrogens is 936 g/mol. The van der Waals surface area contributed by atoms with Gasteiger partial charge in [0.15, 0.2) is 81.9 Å². The van der Waals surface area contributed by atoms with E-state index in [1.54, 1.807) is 0 Å². The number of fused-ring (bicyclic) bond motifs is 7. The van der Waals surface area contributed by atoms with Gasteiger partial charge in [0.1, 0.15) is 12.5 Å². The molecule has 27 nitrogen and oxygen atoms in total. The number of esters is 5. The largest absolute Gasteiger partial charge is 0.504 e. The number of aliphatic carboxylic acids is 1. The second-order valence-electron chi connectivity index (χ2n) is 15.4. The Labute approximate surface area is 377 Å². The van der Waals surface area contributed by atoms with Crippen molar-refractivity contribution in [3.63, 3.8) is 0 Å². The molecule has 5 atom stereocenters. The van der Waals surface area contributed by atoms with E-state index in [4.69, 9.17) is 23.7 Å². The summed E-state index contributed by atoms with van der Waals surface area (Å²) in [5, 5.41) is 176. The van der Waals surface area contributed by atoms with Crippen molar-refractivity contribution in [2.45, 2.75) is 30.3 Å². The van der Waals surface area contributed by atoms with Gasteiger partial charge in [0.2, 0.25) is 28.7 Å². The molecule has 5 aliphatic rings. The van der Waals surface area contributed by atoms with Gasteiger partial charge in [0.05, 0.1) is 27.8 Å². The van der Waals surface area contributed by atoms with Crippen LogP contribution in [0.5, 0.6) is 86.2 Å². The molecule has 0 fully saturated rings. The highest BCUT2D eigenvalue weighted by molar-refractivity contribution is 6.17. The predicted molar refractivity (Wildman–Crippen MR) is 212 cm³/mol. The number of phenols is 15. The standard InChI is InChI=1S/C42H26O27/c43-8-1-5-12(25(49)22(8)46)13-6(2-9(44)23(47)26(13)50)40(62)67-34-11(4-65-38(5)60)66-39(61)7-3-10(45)24(48)27(51)14(7)15-19-16(29(53)32(56)28(15)52)17-20-18(31(55)33(57)30(17)54)21(37(58)59)35(68-41(20)63)36(34)69-42(19)64/h1-3,11,21,34-36,43-57H,4H2,(H,58,59)/t11-,21-,34-,35-,36?/m1/s1. The number of phenolic OH excluding ortho intramolecular Hbond substituents is 15. The molecule has 5 aliphatic heterocycles. The van der Waals surface area contributed by atoms with E-state index in [0.29, 0.717) is 18.2 Å². The minimum Gasteiger partial charge on any atom is -0.504 e. The second-order valence-corrected chi connectivity index (χ2v) is 15.4. The number of rotatable bonds is 1. The van der Waals surface area contributed by atoms with E-state index in [1.165, 1.54) is 0 Å². The van der Waals surface area contributed by atoms with E-state index in [-0.39, 0.29) is 0 Å². The molecule has 16 N–H and O–H groups in total. The Balaban J connectivity index is 1.46. The van der Waals surface area contributed by atoms with Crippen LogP contribution in [0, 0.1) is 0 Å². The third-order valence-corrected chi connectivity index (χ3v) is 11.7. The average molecular weight is 963 g/mol. The van der Waals surface area contributed by atoms with Crippen molar-refractivity contribution in [3.8, 4) is 120 Å². The molecule has 0 aliphatic carbocycles. The number of carboxylic acid groups (broad SMARTS) is 1. The molecule has 5 heterocycles. The Morgan fingerprint density at radius 2 is 0.739 bits per heavy atom. The molecule has 6 bridgehead atoms. The van der Waals surface area contributed by atoms with E-state index >= 15 is 4.79 Å². The number of carbonyl (C=O) groups is 6. The van der Waals surface area contributed by atoms with Crippen molar-refractivity contribution >= 4 is 35.8 Å². The lowest BCUT2D eigenvalue weighted by atomic mass is 9.77. The first-order valence-corrected chi connectivity index (χ1v) is 19.1. The number of aromatic hydroxyl groups is 15. The third kappa shape index (κ3) is 5.92. The van der Waals surface area contributed by atoms with Crippen LogP contribution in [-0.2, 0) is 28.5 Å². The van der Waals surface area contributed by atoms with Crippen molar-refractivity contribution in [1.82, 2.24) is 0 Å². The summed E-state index contributed by atoms with van der Waals surface area (Å²) in [7, 11) is 0. The van der Waals surface area contributed by atoms with E-state index in [0.717, 1.165) is 0 Å². The van der Waals surface area contributed by atoms with Gasteiger partial charge >= 0.3 is 35.8 Å². The first-order chi connectivity index (χ1) is 32.4. The molecule has 10 rings (SSSR count). The lowest BCUT2D eigenvalue weighted by Gasteiger charge is -2.41. The van der Waals surface area contributed by atoms with Gasteiger partial charge in [-0.15, -0.1) is 0 Å². The van der Waals surface area contributed by atoms with Gasteiger partial charge in [-0.3, -0.25) is 4.79 Å². The van der Waals surface area contributed by atoms with Crippen molar-refractivity contribution in [2.24, 2.45) is 0 Å². The van der Waals surface area contributed by atoms with Gasteiger partial charge in [-0.05, 0) is 18.2 Å². The zero-order chi connectivity index (χ0) is 50.3. The molecule has 1 unspecified atom stereocenters. The summed E-state index contributed by atoms with van der Waals surface area (Å²) in [6, 6.07) is 0.980. The summed E-state index contributed by atoms with van der Waals surface area (Å²) in [6.45, 7) is -1.58. The van der Waals surface area contributed by atoms with Gasteiger partial charge < -0.3 is 105 Å². The van der Waals surface area contributed by atoms with Crippen molar-refractivity contribution in [1.29, 1.82) is 0 Å². The van der Waals surface area contributed by atoms with Crippen LogP contribution in [0.1, 0.15) is 63.3 Å². The molecule has 5 aromatic carbocycles. The van der Waals surface area contributed by atoms with Crippen molar-refractivity contribution < 1.29 is 134 Å². The maximum Gasteiger partial charge on any atom is 0.340 e. The summed E-state index contributed by atoms with van der Waals surface area (Å²) in [5.41, 5.74) is -15.7. The van der Waals surface area contributed by atoms with E-state index in [1.807, 2.05) is 0 Å². The van der Waals surface area contributed by atoms with Crippen LogP contribution in [0.15, 0.2) is 18.2 Å². The molecule has 0 radical (unpaired) electrons. The van der Waals surface area contributed by atoms with E-state index < -0.39 is 226 Å². The lowest BCUT2D eigenvalue weighted by Crippen LogP contribution is -2.57. The molecule has 0 saturated carbocycles. The first kappa shape index (κ1) is 44.1. The van der Waals surface area contributed by atoms with Gasteiger partial charge in [-0.1, -0.05) is 0 Å². The average Bonchev–Trinajstić information content (AvgIpc) is 3.32. The molecule has 0 saturated heterocycles. The van der Waals surface area contributed by atoms with E-state index in [9.17, 15) is 106 Å². The molecule has 0 spiro atoms. The quantitative estimate of drug-likeness (QED) is 0.0642. The Bertz CT molecular complexity index is 3300. The van der Waals surface area contributed by atoms with Gasteiger partial charge in [-0.2, -0.15) is 0 Å². The summed E-state index contributed by atoms with van der Waals surface area (Å²) in [4.78, 5) is 86.2. The topological polar surface area (TPSA) is 472 Å². The SMILES string of the molecule is O=C1OC[C@H]2OC(=O)c3cc(O)c(O)c(O)c3-c3c(O)c(O)c(O)c4c3C(=O)OC([C@@H]3OC(=O)c5c-4c(O)c(O)c(O)c5[C@H]3C(=O)O)[C@@H]2OC(=O)c2cc(O)c(O)c(O)c2-c2c1cc(O)c(O)c2O. The highest BCUT2D eigenvalue weighted by atomic mass is 16.6. The third-order valence-electron chi connectivity index (χ3n) is 11.7. The number of carboxylic acids is 1. The molecule has 356 valence electrons. The maximum absolute atomic E-state index is 15.1. The molecule has 27 heteroatoms. The predicted octanol–water partition coefficient (Wildman–Crippen LogP) is 1.45. The highest BCUT2D eigenvalue weighted by Gasteiger charge is 2.57. The van der Waals surface area contributed by atoms with Crippen LogP contribution in [0.4, 0.5) is 0 Å². The number of cyclic esters (lactones) is 1. The zero-order valence-electron chi connectivity index (χ0n) is 33.5. The van der Waals surface area contributed by atoms with Gasteiger partial charge in [0, 0.05) is 38.9 Å². The summed E-state index contributed by atoms with van der Waals surface area (Å²) in [5.74, 6) is -38.1. The Morgan fingerprint density at radius 1 is 0.377 bits per heavy atom. The molecule has 0 amide bonds.